The molecule has 0 atom stereocenters. The first-order chi connectivity index (χ1) is 13.4. The summed E-state index contributed by atoms with van der Waals surface area (Å²) in [5, 5.41) is 14.5. The van der Waals surface area contributed by atoms with Crippen LogP contribution in [0.3, 0.4) is 0 Å². The molecule has 6 nitrogen and oxygen atoms in total. The van der Waals surface area contributed by atoms with Gasteiger partial charge in [-0.2, -0.15) is 0 Å². The van der Waals surface area contributed by atoms with Crippen LogP contribution in [0.15, 0.2) is 60.7 Å². The minimum atomic E-state index is -1.06. The zero-order valence-electron chi connectivity index (χ0n) is 14.4. The maximum absolute atomic E-state index is 12.5. The number of nitrogens with one attached hydrogen (secondary N) is 2. The van der Waals surface area contributed by atoms with Crippen LogP contribution in [0.5, 0.6) is 0 Å². The smallest absolute Gasteiger partial charge is 0.335 e. The Bertz CT molecular complexity index is 1030. The van der Waals surface area contributed by atoms with Crippen molar-refractivity contribution in [3.05, 3.63) is 86.6 Å². The van der Waals surface area contributed by atoms with Crippen LogP contribution in [0.4, 0.5) is 5.69 Å². The van der Waals surface area contributed by atoms with Gasteiger partial charge in [-0.05, 0) is 48.0 Å². The summed E-state index contributed by atoms with van der Waals surface area (Å²) in [6, 6.07) is 16.0. The highest BCUT2D eigenvalue weighted by atomic mass is 35.5. The first-order valence-corrected chi connectivity index (χ1v) is 9.39. The number of benzene rings is 2. The van der Waals surface area contributed by atoms with Crippen LogP contribution in [0, 0.1) is 0 Å². The summed E-state index contributed by atoms with van der Waals surface area (Å²) in [6.07, 6.45) is 0. The minimum absolute atomic E-state index is 0.105. The van der Waals surface area contributed by atoms with E-state index >= 15 is 0 Å². The van der Waals surface area contributed by atoms with Crippen molar-refractivity contribution in [1.29, 1.82) is 0 Å². The molecule has 2 aromatic carbocycles. The van der Waals surface area contributed by atoms with Gasteiger partial charge in [0.15, 0.2) is 0 Å². The average Bonchev–Trinajstić information content (AvgIpc) is 3.13. The fraction of sp³-hybridized carbons (Fsp3) is 0.0500. The predicted octanol–water partition coefficient (Wildman–Crippen LogP) is 4.28. The van der Waals surface area contributed by atoms with E-state index in [4.69, 9.17) is 16.7 Å². The predicted molar refractivity (Wildman–Crippen MR) is 108 cm³/mol. The van der Waals surface area contributed by atoms with Gasteiger partial charge in [-0.1, -0.05) is 29.8 Å². The fourth-order valence-corrected chi connectivity index (χ4v) is 3.41. The Labute approximate surface area is 169 Å². The van der Waals surface area contributed by atoms with E-state index in [1.807, 2.05) is 0 Å². The highest BCUT2D eigenvalue weighted by Crippen LogP contribution is 2.22. The Morgan fingerprint density at radius 2 is 1.57 bits per heavy atom. The first kappa shape index (κ1) is 19.6. The summed E-state index contributed by atoms with van der Waals surface area (Å²) >= 11 is 7.04. The Morgan fingerprint density at radius 1 is 0.893 bits per heavy atom. The van der Waals surface area contributed by atoms with Crippen molar-refractivity contribution in [2.45, 2.75) is 6.54 Å². The number of amides is 2. The van der Waals surface area contributed by atoms with Gasteiger partial charge in [0.1, 0.15) is 0 Å². The van der Waals surface area contributed by atoms with E-state index < -0.39 is 5.97 Å². The van der Waals surface area contributed by atoms with Crippen LogP contribution in [0.1, 0.15) is 36.0 Å². The molecule has 1 aromatic heterocycles. The second-order valence-corrected chi connectivity index (χ2v) is 7.50. The quantitative estimate of drug-likeness (QED) is 0.561. The van der Waals surface area contributed by atoms with Gasteiger partial charge < -0.3 is 15.7 Å². The Kier molecular flexibility index (Phi) is 6.08. The number of carboxylic acid groups (broad SMARTS) is 1. The van der Waals surface area contributed by atoms with Gasteiger partial charge in [-0.15, -0.1) is 11.3 Å². The lowest BCUT2D eigenvalue weighted by molar-refractivity contribution is 0.0696. The van der Waals surface area contributed by atoms with Crippen LogP contribution in [-0.4, -0.2) is 22.9 Å². The number of hydrogen-bond donors (Lipinski definition) is 3. The van der Waals surface area contributed by atoms with Gasteiger partial charge in [0, 0.05) is 17.8 Å². The molecule has 2 amide bonds. The molecule has 8 heteroatoms. The van der Waals surface area contributed by atoms with Crippen LogP contribution >= 0.6 is 22.9 Å². The van der Waals surface area contributed by atoms with Gasteiger partial charge in [0.2, 0.25) is 0 Å². The van der Waals surface area contributed by atoms with E-state index in [-0.39, 0.29) is 23.9 Å². The zero-order chi connectivity index (χ0) is 20.1. The first-order valence-electron chi connectivity index (χ1n) is 8.20. The van der Waals surface area contributed by atoms with Crippen molar-refractivity contribution in [2.24, 2.45) is 0 Å². The van der Waals surface area contributed by atoms with Gasteiger partial charge in [-0.25, -0.2) is 4.79 Å². The number of para-hydroxylation sites is 1. The summed E-state index contributed by atoms with van der Waals surface area (Å²) in [4.78, 5) is 36.0. The third-order valence-corrected chi connectivity index (χ3v) is 5.13. The number of thiophene rings is 1. The van der Waals surface area contributed by atoms with Gasteiger partial charge in [0.05, 0.1) is 14.8 Å². The molecule has 0 aliphatic rings. The number of halogens is 1. The molecule has 0 bridgehead atoms. The molecule has 3 aromatic rings. The molecule has 0 radical (unpaired) electrons. The number of carbonyl (C=O) groups excluding carboxylic acids is 2. The van der Waals surface area contributed by atoms with E-state index in [0.29, 0.717) is 20.5 Å². The molecule has 3 rings (SSSR count). The van der Waals surface area contributed by atoms with E-state index in [1.54, 1.807) is 36.4 Å². The van der Waals surface area contributed by atoms with Gasteiger partial charge >= 0.3 is 5.97 Å². The summed E-state index contributed by atoms with van der Waals surface area (Å²) < 4.78 is 0.534. The SMILES string of the molecule is O=C(O)c1ccc(C(=O)Nc2ccccc2CNC(=O)c2ccc(Cl)s2)cc1. The third-order valence-electron chi connectivity index (χ3n) is 3.90. The van der Waals surface area contributed by atoms with Crippen LogP contribution < -0.4 is 10.6 Å². The van der Waals surface area contributed by atoms with Gasteiger partial charge in [-0.3, -0.25) is 9.59 Å². The molecule has 3 N–H and O–H groups in total. The lowest BCUT2D eigenvalue weighted by Gasteiger charge is -2.12. The molecule has 0 unspecified atom stereocenters. The largest absolute Gasteiger partial charge is 0.478 e. The number of carbonyl (C=O) groups is 3. The third kappa shape index (κ3) is 4.76. The minimum Gasteiger partial charge on any atom is -0.478 e. The van der Waals surface area contributed by atoms with E-state index in [2.05, 4.69) is 10.6 Å². The number of anilines is 1. The van der Waals surface area contributed by atoms with Crippen molar-refractivity contribution in [3.8, 4) is 0 Å². The second-order valence-electron chi connectivity index (χ2n) is 5.78. The Morgan fingerprint density at radius 3 is 2.21 bits per heavy atom. The summed E-state index contributed by atoms with van der Waals surface area (Å²) in [7, 11) is 0. The molecule has 28 heavy (non-hydrogen) atoms. The molecule has 0 saturated carbocycles. The number of aromatic carboxylic acids is 1. The van der Waals surface area contributed by atoms with Crippen molar-refractivity contribution >= 4 is 46.4 Å². The zero-order valence-corrected chi connectivity index (χ0v) is 16.0. The van der Waals surface area contributed by atoms with Crippen molar-refractivity contribution in [2.75, 3.05) is 5.32 Å². The average molecular weight is 415 g/mol. The molecule has 0 saturated heterocycles. The Hall–Kier alpha value is -3.16. The molecule has 0 aliphatic heterocycles. The number of hydrogen-bond acceptors (Lipinski definition) is 4. The maximum Gasteiger partial charge on any atom is 0.335 e. The standard InChI is InChI=1S/C20H15ClN2O4S/c21-17-10-9-16(28-17)19(25)22-11-14-3-1-2-4-15(14)23-18(24)12-5-7-13(8-6-12)20(26)27/h1-10H,11H2,(H,22,25)(H,23,24)(H,26,27). The van der Waals surface area contributed by atoms with Crippen LogP contribution in [0.25, 0.3) is 0 Å². The summed E-state index contributed by atoms with van der Waals surface area (Å²) in [5.74, 6) is -1.68. The monoisotopic (exact) mass is 414 g/mol. The van der Waals surface area contributed by atoms with Crippen molar-refractivity contribution in [1.82, 2.24) is 5.32 Å². The van der Waals surface area contributed by atoms with E-state index in [9.17, 15) is 14.4 Å². The second kappa shape index (κ2) is 8.69. The lowest BCUT2D eigenvalue weighted by atomic mass is 10.1. The number of rotatable bonds is 6. The summed E-state index contributed by atoms with van der Waals surface area (Å²) in [5.41, 5.74) is 1.72. The van der Waals surface area contributed by atoms with Crippen molar-refractivity contribution < 1.29 is 19.5 Å². The Balaban J connectivity index is 1.68. The van der Waals surface area contributed by atoms with Crippen molar-refractivity contribution in [3.63, 3.8) is 0 Å². The van der Waals surface area contributed by atoms with Crippen LogP contribution in [0.2, 0.25) is 4.34 Å². The van der Waals surface area contributed by atoms with Crippen LogP contribution in [-0.2, 0) is 6.54 Å². The molecule has 0 spiro atoms. The molecule has 0 aliphatic carbocycles. The topological polar surface area (TPSA) is 95.5 Å². The molecule has 0 fully saturated rings. The highest BCUT2D eigenvalue weighted by molar-refractivity contribution is 7.17. The molecular formula is C20H15ClN2O4S. The highest BCUT2D eigenvalue weighted by Gasteiger charge is 2.12. The van der Waals surface area contributed by atoms with E-state index in [1.165, 1.54) is 35.6 Å². The summed E-state index contributed by atoms with van der Waals surface area (Å²) in [6.45, 7) is 0.225. The fourth-order valence-electron chi connectivity index (χ4n) is 2.45. The van der Waals surface area contributed by atoms with E-state index in [0.717, 1.165) is 5.56 Å². The van der Waals surface area contributed by atoms with Gasteiger partial charge in [0.25, 0.3) is 11.8 Å². The molecule has 142 valence electrons. The maximum atomic E-state index is 12.5. The number of carboxylic acids is 1. The molecular weight excluding hydrogens is 400 g/mol. The normalized spacial score (nSPS) is 10.3. The lowest BCUT2D eigenvalue weighted by Crippen LogP contribution is -2.23. The molecule has 1 heterocycles.